The van der Waals surface area contributed by atoms with Crippen LogP contribution in [-0.4, -0.2) is 61.2 Å². The van der Waals surface area contributed by atoms with Gasteiger partial charge >= 0.3 is 6.03 Å². The number of piperidine rings is 2. The normalized spacial score (nSPS) is 23.4. The summed E-state index contributed by atoms with van der Waals surface area (Å²) in [5.74, 6) is -2.44. The number of hydrogen-bond donors (Lipinski definition) is 3. The number of aliphatic hydroxyl groups is 1. The van der Waals surface area contributed by atoms with Gasteiger partial charge < -0.3 is 25.5 Å². The first kappa shape index (κ1) is 26.2. The molecule has 2 fully saturated rings. The van der Waals surface area contributed by atoms with E-state index >= 15 is 0 Å². The van der Waals surface area contributed by atoms with Gasteiger partial charge in [0.2, 0.25) is 0 Å². The largest absolute Gasteiger partial charge is 0.384 e. The molecule has 3 aromatic carbocycles. The van der Waals surface area contributed by atoms with E-state index in [9.17, 15) is 23.1 Å². The van der Waals surface area contributed by atoms with E-state index < -0.39 is 23.3 Å². The lowest BCUT2D eigenvalue weighted by molar-refractivity contribution is -0.153. The number of nitrogens with zero attached hydrogens (tertiary/aromatic N) is 2. The van der Waals surface area contributed by atoms with Gasteiger partial charge in [0.25, 0.3) is 0 Å². The van der Waals surface area contributed by atoms with Gasteiger partial charge in [-0.2, -0.15) is 0 Å². The predicted molar refractivity (Wildman–Crippen MR) is 140 cm³/mol. The maximum Gasteiger partial charge on any atom is 0.321 e. The third-order valence-corrected chi connectivity index (χ3v) is 7.66. The van der Waals surface area contributed by atoms with Crippen LogP contribution in [0.5, 0.6) is 0 Å². The molecule has 2 atom stereocenters. The van der Waals surface area contributed by atoms with Gasteiger partial charge in [0, 0.05) is 61.9 Å². The number of nitrogens with one attached hydrogen (secondary N) is 2. The third-order valence-electron chi connectivity index (χ3n) is 7.66. The minimum atomic E-state index is -1.18. The summed E-state index contributed by atoms with van der Waals surface area (Å²) in [6.07, 6.45) is 0. The average Bonchev–Trinajstić information content (AvgIpc) is 2.84. The predicted octanol–water partition coefficient (Wildman–Crippen LogP) is 4.40. The molecule has 2 aliphatic heterocycles. The molecule has 5 rings (SSSR count). The van der Waals surface area contributed by atoms with Crippen LogP contribution in [0, 0.1) is 29.3 Å². The molecule has 3 N–H and O–H groups in total. The molecule has 38 heavy (non-hydrogen) atoms. The van der Waals surface area contributed by atoms with Gasteiger partial charge in [0.1, 0.15) is 23.1 Å². The Bertz CT molecular complexity index is 1300. The highest BCUT2D eigenvalue weighted by Gasteiger charge is 2.53. The molecule has 0 aliphatic carbocycles. The summed E-state index contributed by atoms with van der Waals surface area (Å²) in [5, 5.41) is 17.6. The molecule has 2 saturated heterocycles. The average molecular weight is 525 g/mol. The number of carbonyl (C=O) groups is 1. The minimum absolute atomic E-state index is 0.0393. The van der Waals surface area contributed by atoms with Crippen LogP contribution in [0.25, 0.3) is 11.1 Å². The van der Waals surface area contributed by atoms with Crippen LogP contribution in [0.15, 0.2) is 60.7 Å². The van der Waals surface area contributed by atoms with Gasteiger partial charge in [-0.3, -0.25) is 0 Å². The zero-order chi connectivity index (χ0) is 27.0. The first-order valence-corrected chi connectivity index (χ1v) is 12.6. The topological polar surface area (TPSA) is 67.8 Å². The van der Waals surface area contributed by atoms with Crippen molar-refractivity contribution in [2.45, 2.75) is 12.1 Å². The van der Waals surface area contributed by atoms with Gasteiger partial charge in [-0.1, -0.05) is 36.4 Å². The van der Waals surface area contributed by atoms with Crippen molar-refractivity contribution < 1.29 is 23.1 Å². The molecular weight excluding hydrogens is 493 g/mol. The number of hydrogen-bond acceptors (Lipinski definition) is 4. The number of carbonyl (C=O) groups excluding carboxylic acids is 1. The number of amides is 2. The van der Waals surface area contributed by atoms with Crippen LogP contribution < -0.4 is 10.6 Å². The molecule has 0 radical (unpaired) electrons. The molecule has 2 heterocycles. The molecule has 2 aliphatic rings. The van der Waals surface area contributed by atoms with Gasteiger partial charge in [0.05, 0.1) is 0 Å². The number of anilines is 1. The first-order valence-electron chi connectivity index (χ1n) is 12.6. The Morgan fingerprint density at radius 2 is 1.58 bits per heavy atom. The van der Waals surface area contributed by atoms with Crippen LogP contribution in [-0.2, 0) is 12.1 Å². The maximum atomic E-state index is 14.8. The molecule has 2 unspecified atom stereocenters. The van der Waals surface area contributed by atoms with E-state index in [1.54, 1.807) is 11.0 Å². The van der Waals surface area contributed by atoms with Crippen molar-refractivity contribution in [1.82, 2.24) is 15.1 Å². The van der Waals surface area contributed by atoms with Crippen LogP contribution in [0.3, 0.4) is 0 Å². The molecule has 200 valence electrons. The first-order chi connectivity index (χ1) is 18.2. The van der Waals surface area contributed by atoms with Crippen molar-refractivity contribution >= 4 is 11.7 Å². The maximum absolute atomic E-state index is 14.8. The Labute approximate surface area is 220 Å². The summed E-state index contributed by atoms with van der Waals surface area (Å²) in [7, 11) is 3.79. The van der Waals surface area contributed by atoms with Crippen molar-refractivity contribution in [1.29, 1.82) is 0 Å². The molecular formula is C29H31F3N4O2. The minimum Gasteiger partial charge on any atom is -0.384 e. The van der Waals surface area contributed by atoms with Crippen molar-refractivity contribution in [2.24, 2.45) is 11.8 Å². The number of likely N-dealkylation sites (tertiary alicyclic amines) is 2. The van der Waals surface area contributed by atoms with Crippen molar-refractivity contribution in [2.75, 3.05) is 45.6 Å². The lowest BCUT2D eigenvalue weighted by Crippen LogP contribution is -2.65. The van der Waals surface area contributed by atoms with E-state index in [1.807, 2.05) is 44.4 Å². The van der Waals surface area contributed by atoms with Crippen LogP contribution in [0.4, 0.5) is 23.7 Å². The molecule has 0 spiro atoms. The number of fused-ring (bicyclic) bond motifs is 2. The summed E-state index contributed by atoms with van der Waals surface area (Å²) < 4.78 is 41.9. The lowest BCUT2D eigenvalue weighted by Gasteiger charge is -2.55. The third kappa shape index (κ3) is 5.01. The second kappa shape index (κ2) is 10.4. The molecule has 2 amide bonds. The number of halogens is 3. The number of urea groups is 1. The van der Waals surface area contributed by atoms with Gasteiger partial charge in [-0.05, 0) is 49.0 Å². The highest BCUT2D eigenvalue weighted by atomic mass is 19.1. The Balaban J connectivity index is 1.36. The number of rotatable bonds is 5. The second-order valence-corrected chi connectivity index (χ2v) is 10.4. The summed E-state index contributed by atoms with van der Waals surface area (Å²) in [5.41, 5.74) is 1.65. The molecule has 0 aromatic heterocycles. The summed E-state index contributed by atoms with van der Waals surface area (Å²) in [6.45, 7) is 2.24. The van der Waals surface area contributed by atoms with E-state index in [4.69, 9.17) is 0 Å². The van der Waals surface area contributed by atoms with Crippen LogP contribution in [0.1, 0.15) is 11.1 Å². The van der Waals surface area contributed by atoms with E-state index in [-0.39, 0.29) is 36.4 Å². The number of benzene rings is 3. The van der Waals surface area contributed by atoms with E-state index in [0.29, 0.717) is 30.8 Å². The second-order valence-electron chi connectivity index (χ2n) is 10.4. The molecule has 2 bridgehead atoms. The van der Waals surface area contributed by atoms with E-state index in [2.05, 4.69) is 15.5 Å². The fraction of sp³-hybridized carbons (Fsp3) is 0.345. The summed E-state index contributed by atoms with van der Waals surface area (Å²) in [4.78, 5) is 16.7. The van der Waals surface area contributed by atoms with Crippen molar-refractivity contribution in [3.8, 4) is 11.1 Å². The van der Waals surface area contributed by atoms with Gasteiger partial charge in [-0.15, -0.1) is 0 Å². The molecule has 6 nitrogen and oxygen atoms in total. The van der Waals surface area contributed by atoms with E-state index in [0.717, 1.165) is 29.3 Å². The Morgan fingerprint density at radius 3 is 2.16 bits per heavy atom. The summed E-state index contributed by atoms with van der Waals surface area (Å²) >= 11 is 0. The van der Waals surface area contributed by atoms with Gasteiger partial charge in [0.15, 0.2) is 0 Å². The van der Waals surface area contributed by atoms with Crippen molar-refractivity contribution in [3.05, 3.63) is 89.2 Å². The molecule has 0 saturated carbocycles. The summed E-state index contributed by atoms with van der Waals surface area (Å²) in [6, 6.07) is 14.9. The highest BCUT2D eigenvalue weighted by Crippen LogP contribution is 2.45. The fourth-order valence-corrected chi connectivity index (χ4v) is 5.93. The van der Waals surface area contributed by atoms with Gasteiger partial charge in [-0.25, -0.2) is 18.0 Å². The Kier molecular flexibility index (Phi) is 7.17. The van der Waals surface area contributed by atoms with Crippen LogP contribution in [0.2, 0.25) is 0 Å². The quantitative estimate of drug-likeness (QED) is 0.463. The fourth-order valence-electron chi connectivity index (χ4n) is 5.93. The highest BCUT2D eigenvalue weighted by molar-refractivity contribution is 5.89. The smallest absolute Gasteiger partial charge is 0.321 e. The van der Waals surface area contributed by atoms with Crippen LogP contribution >= 0.6 is 0 Å². The monoisotopic (exact) mass is 524 g/mol. The lowest BCUT2D eigenvalue weighted by atomic mass is 9.66. The zero-order valence-electron chi connectivity index (χ0n) is 21.3. The SMILES string of the molecule is CNCc1ccc(-c2ccc(C3(O)C4CN(C)CC3CN(C(=O)Nc3cc(F)cc(F)c3)C4)cc2)c(F)c1. The molecule has 3 aromatic rings. The van der Waals surface area contributed by atoms with E-state index in [1.165, 1.54) is 6.07 Å². The molecule has 9 heteroatoms. The van der Waals surface area contributed by atoms with Crippen molar-refractivity contribution in [3.63, 3.8) is 0 Å². The Hall–Kier alpha value is -3.40. The standard InChI is InChI=1S/C29H31F3N4O2/c1-33-13-18-3-8-26(27(32)9-18)19-4-6-20(7-5-19)29(38)21-14-35(2)15-22(29)17-36(16-21)28(37)34-25-11-23(30)10-24(31)12-25/h3-12,21-22,33,38H,13-17H2,1-2H3,(H,34,37). The zero-order valence-corrected chi connectivity index (χ0v) is 21.3. The Morgan fingerprint density at radius 1 is 0.947 bits per heavy atom.